The van der Waals surface area contributed by atoms with Gasteiger partial charge >= 0.3 is 0 Å². The zero-order valence-corrected chi connectivity index (χ0v) is 10.6. The van der Waals surface area contributed by atoms with E-state index in [2.05, 4.69) is 51.6 Å². The van der Waals surface area contributed by atoms with Crippen molar-refractivity contribution in [1.29, 1.82) is 0 Å². The zero-order chi connectivity index (χ0) is 11.3. The first-order valence-electron chi connectivity index (χ1n) is 5.47. The van der Waals surface area contributed by atoms with Gasteiger partial charge in [-0.15, -0.1) is 0 Å². The molecular formula is C13H20N2. The van der Waals surface area contributed by atoms with Crippen LogP contribution in [0.2, 0.25) is 0 Å². The highest BCUT2D eigenvalue weighted by Gasteiger charge is 2.26. The number of nitrogens with zero attached hydrogens (tertiary/aromatic N) is 2. The van der Waals surface area contributed by atoms with Crippen LogP contribution in [0.3, 0.4) is 0 Å². The number of hydrogen-bond acceptors (Lipinski definition) is 2. The van der Waals surface area contributed by atoms with Crippen molar-refractivity contribution in [2.75, 3.05) is 30.6 Å². The number of benzene rings is 1. The third-order valence-corrected chi connectivity index (χ3v) is 3.81. The van der Waals surface area contributed by atoms with Crippen LogP contribution in [0.4, 0.5) is 11.4 Å². The molecular weight excluding hydrogens is 184 g/mol. The van der Waals surface area contributed by atoms with E-state index in [0.717, 1.165) is 6.67 Å². The lowest BCUT2D eigenvalue weighted by Gasteiger charge is -2.19. The Bertz CT molecular complexity index is 382. The Kier molecular flexibility index (Phi) is 2.18. The summed E-state index contributed by atoms with van der Waals surface area (Å²) < 4.78 is 0. The van der Waals surface area contributed by atoms with E-state index in [1.807, 2.05) is 0 Å². The highest BCUT2D eigenvalue weighted by Crippen LogP contribution is 2.42. The van der Waals surface area contributed by atoms with Gasteiger partial charge in [-0.2, -0.15) is 0 Å². The van der Waals surface area contributed by atoms with E-state index in [4.69, 9.17) is 0 Å². The standard InChI is InChI=1S/C13H20N2/c1-8-9(2)11(4)13-12(10(8)3)14(5)7-15(13)6/h7H2,1-6H3. The molecule has 1 aromatic carbocycles. The second-order valence-corrected chi connectivity index (χ2v) is 4.73. The lowest BCUT2D eigenvalue weighted by molar-refractivity contribution is 0.912. The Morgan fingerprint density at radius 3 is 1.33 bits per heavy atom. The van der Waals surface area contributed by atoms with E-state index in [9.17, 15) is 0 Å². The normalized spacial score (nSPS) is 14.8. The Morgan fingerprint density at radius 1 is 0.667 bits per heavy atom. The van der Waals surface area contributed by atoms with Crippen LogP contribution in [-0.4, -0.2) is 20.8 Å². The molecule has 1 heterocycles. The summed E-state index contributed by atoms with van der Waals surface area (Å²) >= 11 is 0. The van der Waals surface area contributed by atoms with Gasteiger partial charge in [-0.25, -0.2) is 0 Å². The maximum atomic E-state index is 2.34. The minimum atomic E-state index is 1.000. The third-order valence-electron chi connectivity index (χ3n) is 3.81. The SMILES string of the molecule is Cc1c(C)c(C)c2c(c1C)N(C)CN2C. The van der Waals surface area contributed by atoms with Crippen molar-refractivity contribution in [2.45, 2.75) is 27.7 Å². The van der Waals surface area contributed by atoms with Crippen molar-refractivity contribution >= 4 is 11.4 Å². The molecule has 0 unspecified atom stereocenters. The van der Waals surface area contributed by atoms with Gasteiger partial charge in [-0.3, -0.25) is 0 Å². The molecule has 0 saturated carbocycles. The first-order valence-corrected chi connectivity index (χ1v) is 5.47. The molecule has 2 nitrogen and oxygen atoms in total. The van der Waals surface area contributed by atoms with Crippen molar-refractivity contribution in [3.8, 4) is 0 Å². The van der Waals surface area contributed by atoms with Crippen LogP contribution in [0.5, 0.6) is 0 Å². The predicted octanol–water partition coefficient (Wildman–Crippen LogP) is 2.76. The highest BCUT2D eigenvalue weighted by molar-refractivity contribution is 5.84. The van der Waals surface area contributed by atoms with Gasteiger partial charge in [-0.1, -0.05) is 0 Å². The third kappa shape index (κ3) is 1.24. The summed E-state index contributed by atoms with van der Waals surface area (Å²) in [5.74, 6) is 0. The number of anilines is 2. The lowest BCUT2D eigenvalue weighted by Crippen LogP contribution is -2.24. The minimum Gasteiger partial charge on any atom is -0.355 e. The predicted molar refractivity (Wildman–Crippen MR) is 67.1 cm³/mol. The summed E-state index contributed by atoms with van der Waals surface area (Å²) in [6, 6.07) is 0. The van der Waals surface area contributed by atoms with E-state index in [0.29, 0.717) is 0 Å². The van der Waals surface area contributed by atoms with Gasteiger partial charge in [0.25, 0.3) is 0 Å². The molecule has 0 N–H and O–H groups in total. The fraction of sp³-hybridized carbons (Fsp3) is 0.538. The van der Waals surface area contributed by atoms with Crippen LogP contribution < -0.4 is 9.80 Å². The van der Waals surface area contributed by atoms with E-state index >= 15 is 0 Å². The quantitative estimate of drug-likeness (QED) is 0.641. The first kappa shape index (κ1) is 10.3. The lowest BCUT2D eigenvalue weighted by atomic mass is 9.95. The summed E-state index contributed by atoms with van der Waals surface area (Å²) in [6.07, 6.45) is 0. The molecule has 82 valence electrons. The number of fused-ring (bicyclic) bond motifs is 1. The fourth-order valence-electron chi connectivity index (χ4n) is 2.67. The minimum absolute atomic E-state index is 1.000. The van der Waals surface area contributed by atoms with Gasteiger partial charge in [0.2, 0.25) is 0 Å². The topological polar surface area (TPSA) is 6.48 Å². The van der Waals surface area contributed by atoms with E-state index in [1.54, 1.807) is 0 Å². The van der Waals surface area contributed by atoms with Gasteiger partial charge in [-0.05, 0) is 49.9 Å². The molecule has 1 aliphatic rings. The summed E-state index contributed by atoms with van der Waals surface area (Å²) in [4.78, 5) is 4.67. The van der Waals surface area contributed by atoms with Crippen LogP contribution >= 0.6 is 0 Å². The summed E-state index contributed by atoms with van der Waals surface area (Å²) in [7, 11) is 4.34. The molecule has 0 fully saturated rings. The number of hydrogen-bond donors (Lipinski definition) is 0. The van der Waals surface area contributed by atoms with Gasteiger partial charge in [0.15, 0.2) is 0 Å². The highest BCUT2D eigenvalue weighted by atomic mass is 15.4. The molecule has 0 bridgehead atoms. The molecule has 0 aromatic heterocycles. The smallest absolute Gasteiger partial charge is 0.0898 e. The van der Waals surface area contributed by atoms with Gasteiger partial charge < -0.3 is 9.80 Å². The monoisotopic (exact) mass is 204 g/mol. The largest absolute Gasteiger partial charge is 0.355 e. The van der Waals surface area contributed by atoms with Crippen molar-refractivity contribution in [2.24, 2.45) is 0 Å². The van der Waals surface area contributed by atoms with Crippen molar-refractivity contribution in [1.82, 2.24) is 0 Å². The number of rotatable bonds is 0. The molecule has 15 heavy (non-hydrogen) atoms. The summed E-state index contributed by atoms with van der Waals surface area (Å²) in [5, 5.41) is 0. The molecule has 1 aromatic rings. The molecule has 0 aliphatic carbocycles. The fourth-order valence-corrected chi connectivity index (χ4v) is 2.67. The Morgan fingerprint density at radius 2 is 1.00 bits per heavy atom. The first-order chi connectivity index (χ1) is 6.95. The molecule has 0 radical (unpaired) electrons. The van der Waals surface area contributed by atoms with Gasteiger partial charge in [0, 0.05) is 14.1 Å². The second-order valence-electron chi connectivity index (χ2n) is 4.73. The maximum absolute atomic E-state index is 2.34. The Labute approximate surface area is 92.5 Å². The summed E-state index contributed by atoms with van der Waals surface area (Å²) in [5.41, 5.74) is 8.57. The van der Waals surface area contributed by atoms with Crippen molar-refractivity contribution < 1.29 is 0 Å². The van der Waals surface area contributed by atoms with Crippen LogP contribution in [-0.2, 0) is 0 Å². The van der Waals surface area contributed by atoms with Gasteiger partial charge in [0.1, 0.15) is 0 Å². The van der Waals surface area contributed by atoms with Crippen molar-refractivity contribution in [3.63, 3.8) is 0 Å². The molecule has 0 atom stereocenters. The average Bonchev–Trinajstić information content (AvgIpc) is 2.47. The van der Waals surface area contributed by atoms with Crippen LogP contribution in [0.15, 0.2) is 0 Å². The van der Waals surface area contributed by atoms with Crippen LogP contribution in [0.25, 0.3) is 0 Å². The Hall–Kier alpha value is -1.18. The average molecular weight is 204 g/mol. The zero-order valence-electron chi connectivity index (χ0n) is 10.6. The maximum Gasteiger partial charge on any atom is 0.0898 e. The van der Waals surface area contributed by atoms with E-state index in [-0.39, 0.29) is 0 Å². The molecule has 0 amide bonds. The van der Waals surface area contributed by atoms with E-state index in [1.165, 1.54) is 33.6 Å². The molecule has 0 saturated heterocycles. The molecule has 2 heteroatoms. The van der Waals surface area contributed by atoms with Crippen LogP contribution in [0, 0.1) is 27.7 Å². The van der Waals surface area contributed by atoms with Crippen LogP contribution in [0.1, 0.15) is 22.3 Å². The second kappa shape index (κ2) is 3.16. The van der Waals surface area contributed by atoms with Gasteiger partial charge in [0.05, 0.1) is 18.0 Å². The molecule has 0 spiro atoms. The van der Waals surface area contributed by atoms with Crippen molar-refractivity contribution in [3.05, 3.63) is 22.3 Å². The Balaban J connectivity index is 2.80. The van der Waals surface area contributed by atoms with E-state index < -0.39 is 0 Å². The summed E-state index contributed by atoms with van der Waals surface area (Å²) in [6.45, 7) is 9.92. The molecule has 1 aliphatic heterocycles. The molecule has 2 rings (SSSR count).